The lowest BCUT2D eigenvalue weighted by Gasteiger charge is -2.26. The molecule has 0 bridgehead atoms. The SMILES string of the molecule is CCc1ccccc1N1C(=O)CS[C@H]1c1ccc(NC(=O)C[C@@H](C)CC(C)(C)C)cc1. The van der Waals surface area contributed by atoms with Crippen molar-refractivity contribution in [2.75, 3.05) is 16.0 Å². The summed E-state index contributed by atoms with van der Waals surface area (Å²) in [7, 11) is 0. The molecule has 1 heterocycles. The fourth-order valence-corrected chi connectivity index (χ4v) is 5.52. The minimum atomic E-state index is -0.0447. The van der Waals surface area contributed by atoms with Gasteiger partial charge in [0, 0.05) is 17.8 Å². The molecule has 2 aromatic carbocycles. The molecule has 4 nitrogen and oxygen atoms in total. The molecule has 2 aromatic rings. The summed E-state index contributed by atoms with van der Waals surface area (Å²) in [6.07, 6.45) is 2.42. The number of carbonyl (C=O) groups is 2. The Labute approximate surface area is 190 Å². The van der Waals surface area contributed by atoms with Gasteiger partial charge in [-0.2, -0.15) is 0 Å². The van der Waals surface area contributed by atoms with Crippen LogP contribution >= 0.6 is 11.8 Å². The summed E-state index contributed by atoms with van der Waals surface area (Å²) in [5.41, 5.74) is 4.26. The summed E-state index contributed by atoms with van der Waals surface area (Å²) < 4.78 is 0. The number of carbonyl (C=O) groups excluding carboxylic acids is 2. The Morgan fingerprint density at radius 1 is 1.16 bits per heavy atom. The molecule has 2 atom stereocenters. The zero-order chi connectivity index (χ0) is 22.6. The van der Waals surface area contributed by atoms with Crippen LogP contribution in [0.4, 0.5) is 11.4 Å². The molecule has 1 saturated heterocycles. The standard InChI is InChI=1S/C26H34N2O2S/c1-6-19-9-7-8-10-22(19)28-24(30)17-31-25(28)20-11-13-21(14-12-20)27-23(29)15-18(2)16-26(3,4)5/h7-14,18,25H,6,15-17H2,1-5H3,(H,27,29)/t18-,25+/m1/s1. The number of aryl methyl sites for hydroxylation is 1. The Kier molecular flexibility index (Phi) is 7.47. The first-order chi connectivity index (χ1) is 14.7. The first kappa shape index (κ1) is 23.4. The van der Waals surface area contributed by atoms with Crippen LogP contribution in [0.1, 0.15) is 64.0 Å². The van der Waals surface area contributed by atoms with Crippen molar-refractivity contribution in [1.82, 2.24) is 0 Å². The lowest BCUT2D eigenvalue weighted by molar-refractivity contribution is -0.117. The number of nitrogens with zero attached hydrogens (tertiary/aromatic N) is 1. The van der Waals surface area contributed by atoms with Crippen LogP contribution in [0.25, 0.3) is 0 Å². The molecule has 3 rings (SSSR count). The van der Waals surface area contributed by atoms with Crippen molar-refractivity contribution in [3.05, 3.63) is 59.7 Å². The number of amides is 2. The number of hydrogen-bond acceptors (Lipinski definition) is 3. The average Bonchev–Trinajstić information content (AvgIpc) is 3.08. The van der Waals surface area contributed by atoms with Crippen LogP contribution in [0.5, 0.6) is 0 Å². The number of nitrogens with one attached hydrogen (secondary N) is 1. The molecule has 1 aliphatic heterocycles. The van der Waals surface area contributed by atoms with Crippen LogP contribution in [0.15, 0.2) is 48.5 Å². The topological polar surface area (TPSA) is 49.4 Å². The second-order valence-electron chi connectivity index (χ2n) is 9.65. The molecule has 1 aliphatic rings. The van der Waals surface area contributed by atoms with Gasteiger partial charge in [0.25, 0.3) is 0 Å². The van der Waals surface area contributed by atoms with Crippen LogP contribution in [0, 0.1) is 11.3 Å². The molecule has 0 unspecified atom stereocenters. The third kappa shape index (κ3) is 6.13. The van der Waals surface area contributed by atoms with Crippen molar-refractivity contribution < 1.29 is 9.59 Å². The number of anilines is 2. The van der Waals surface area contributed by atoms with E-state index < -0.39 is 0 Å². The molecule has 166 valence electrons. The van der Waals surface area contributed by atoms with Gasteiger partial charge in [-0.15, -0.1) is 11.8 Å². The van der Waals surface area contributed by atoms with Crippen molar-refractivity contribution in [2.45, 2.75) is 59.3 Å². The van der Waals surface area contributed by atoms with E-state index in [0.29, 0.717) is 18.1 Å². The van der Waals surface area contributed by atoms with Gasteiger partial charge >= 0.3 is 0 Å². The van der Waals surface area contributed by atoms with E-state index in [9.17, 15) is 9.59 Å². The lowest BCUT2D eigenvalue weighted by Crippen LogP contribution is -2.28. The second-order valence-corrected chi connectivity index (χ2v) is 10.7. The van der Waals surface area contributed by atoms with E-state index in [1.54, 1.807) is 11.8 Å². The van der Waals surface area contributed by atoms with Gasteiger partial charge in [-0.05, 0) is 53.5 Å². The zero-order valence-corrected chi connectivity index (χ0v) is 20.1. The molecule has 0 radical (unpaired) electrons. The van der Waals surface area contributed by atoms with E-state index in [0.717, 1.165) is 29.8 Å². The molecule has 0 saturated carbocycles. The number of thioether (sulfide) groups is 1. The van der Waals surface area contributed by atoms with E-state index in [1.165, 1.54) is 5.56 Å². The van der Waals surface area contributed by atoms with Crippen molar-refractivity contribution in [3.63, 3.8) is 0 Å². The molecule has 0 aliphatic carbocycles. The minimum absolute atomic E-state index is 0.0447. The van der Waals surface area contributed by atoms with Gasteiger partial charge in [0.2, 0.25) is 11.8 Å². The Morgan fingerprint density at radius 2 is 1.84 bits per heavy atom. The second kappa shape index (κ2) is 9.90. The van der Waals surface area contributed by atoms with Crippen LogP contribution in [-0.2, 0) is 16.0 Å². The largest absolute Gasteiger partial charge is 0.326 e. The predicted octanol–water partition coefficient (Wildman–Crippen LogP) is 6.43. The summed E-state index contributed by atoms with van der Waals surface area (Å²) in [5.74, 6) is 1.01. The van der Waals surface area contributed by atoms with E-state index in [2.05, 4.69) is 46.0 Å². The predicted molar refractivity (Wildman–Crippen MR) is 131 cm³/mol. The monoisotopic (exact) mass is 438 g/mol. The summed E-state index contributed by atoms with van der Waals surface area (Å²) in [6.45, 7) is 10.8. The van der Waals surface area contributed by atoms with E-state index in [-0.39, 0.29) is 22.6 Å². The molecular formula is C26H34N2O2S. The minimum Gasteiger partial charge on any atom is -0.326 e. The number of benzene rings is 2. The van der Waals surface area contributed by atoms with Crippen molar-refractivity contribution >= 4 is 35.0 Å². The van der Waals surface area contributed by atoms with Crippen LogP contribution in [-0.4, -0.2) is 17.6 Å². The summed E-state index contributed by atoms with van der Waals surface area (Å²) >= 11 is 1.65. The lowest BCUT2D eigenvalue weighted by atomic mass is 9.84. The zero-order valence-electron chi connectivity index (χ0n) is 19.3. The van der Waals surface area contributed by atoms with E-state index in [4.69, 9.17) is 0 Å². The Morgan fingerprint density at radius 3 is 2.48 bits per heavy atom. The maximum Gasteiger partial charge on any atom is 0.238 e. The van der Waals surface area contributed by atoms with Crippen LogP contribution in [0.2, 0.25) is 0 Å². The van der Waals surface area contributed by atoms with E-state index >= 15 is 0 Å². The highest BCUT2D eigenvalue weighted by Crippen LogP contribution is 2.43. The normalized spacial score (nSPS) is 17.6. The molecule has 0 spiro atoms. The van der Waals surface area contributed by atoms with Gasteiger partial charge < -0.3 is 5.32 Å². The molecule has 1 N–H and O–H groups in total. The maximum absolute atomic E-state index is 12.7. The van der Waals surface area contributed by atoms with Gasteiger partial charge in [-0.3, -0.25) is 14.5 Å². The summed E-state index contributed by atoms with van der Waals surface area (Å²) in [6, 6.07) is 16.0. The Bertz CT molecular complexity index is 918. The van der Waals surface area contributed by atoms with E-state index in [1.807, 2.05) is 47.4 Å². The van der Waals surface area contributed by atoms with Gasteiger partial charge in [0.15, 0.2) is 0 Å². The molecule has 31 heavy (non-hydrogen) atoms. The van der Waals surface area contributed by atoms with Gasteiger partial charge in [0.1, 0.15) is 5.37 Å². The highest BCUT2D eigenvalue weighted by Gasteiger charge is 2.34. The smallest absolute Gasteiger partial charge is 0.238 e. The Balaban J connectivity index is 1.69. The number of para-hydroxylation sites is 1. The third-order valence-electron chi connectivity index (χ3n) is 5.47. The highest BCUT2D eigenvalue weighted by atomic mass is 32.2. The number of rotatable bonds is 7. The summed E-state index contributed by atoms with van der Waals surface area (Å²) in [4.78, 5) is 27.0. The fraction of sp³-hybridized carbons (Fsp3) is 0.462. The molecule has 0 aromatic heterocycles. The van der Waals surface area contributed by atoms with Crippen molar-refractivity contribution in [3.8, 4) is 0 Å². The van der Waals surface area contributed by atoms with Gasteiger partial charge in [-0.25, -0.2) is 0 Å². The van der Waals surface area contributed by atoms with Gasteiger partial charge in [-0.1, -0.05) is 65.0 Å². The molecule has 2 amide bonds. The highest BCUT2D eigenvalue weighted by molar-refractivity contribution is 8.00. The molecule has 1 fully saturated rings. The maximum atomic E-state index is 12.7. The quantitative estimate of drug-likeness (QED) is 0.542. The van der Waals surface area contributed by atoms with Crippen LogP contribution in [0.3, 0.4) is 0 Å². The summed E-state index contributed by atoms with van der Waals surface area (Å²) in [5, 5.41) is 2.98. The first-order valence-corrected chi connectivity index (χ1v) is 12.1. The number of hydrogen-bond donors (Lipinski definition) is 1. The van der Waals surface area contributed by atoms with Crippen LogP contribution < -0.4 is 10.2 Å². The molecular weight excluding hydrogens is 404 g/mol. The fourth-order valence-electron chi connectivity index (χ4n) is 4.35. The molecule has 5 heteroatoms. The Hall–Kier alpha value is -2.27. The third-order valence-corrected chi connectivity index (χ3v) is 6.69. The average molecular weight is 439 g/mol. The first-order valence-electron chi connectivity index (χ1n) is 11.1. The van der Waals surface area contributed by atoms with Crippen molar-refractivity contribution in [2.24, 2.45) is 11.3 Å². The van der Waals surface area contributed by atoms with Crippen molar-refractivity contribution in [1.29, 1.82) is 0 Å². The van der Waals surface area contributed by atoms with Gasteiger partial charge in [0.05, 0.1) is 5.75 Å².